The summed E-state index contributed by atoms with van der Waals surface area (Å²) in [4.78, 5) is 33.3. The minimum Gasteiger partial charge on any atom is -0.0654 e. The number of carbonyl (C=O) groups excluding carboxylic acids is 2. The average Bonchev–Trinajstić information content (AvgIpc) is 3.00. The second-order valence-electron chi connectivity index (χ2n) is 11.9. The third-order valence-electron chi connectivity index (χ3n) is 7.62. The summed E-state index contributed by atoms with van der Waals surface area (Å²) in [5.74, 6) is -1.18. The van der Waals surface area contributed by atoms with Gasteiger partial charge < -0.3 is 5.11 Å². The van der Waals surface area contributed by atoms with Gasteiger partial charge in [0.25, 0.3) is 0 Å². The Morgan fingerprint density at radius 1 is 0.581 bits per heavy atom. The summed E-state index contributed by atoms with van der Waals surface area (Å²) >= 11 is 3.77. The van der Waals surface area contributed by atoms with Crippen LogP contribution in [0, 0.1) is 0 Å². The van der Waals surface area contributed by atoms with Crippen molar-refractivity contribution in [1.29, 1.82) is 0 Å². The van der Waals surface area contributed by atoms with E-state index in [-0.39, 0.29) is 18.6 Å². The maximum absolute atomic E-state index is 12.0. The van der Waals surface area contributed by atoms with Crippen molar-refractivity contribution in [3.63, 3.8) is 0 Å². The fraction of sp³-hybridized carbons (Fsp3) is 0.806. The van der Waals surface area contributed by atoms with Gasteiger partial charge in [-0.05, 0) is 12.8 Å². The molecule has 0 spiro atoms. The molecule has 0 amide bonds. The van der Waals surface area contributed by atoms with E-state index in [4.69, 9.17) is 0 Å². The molecule has 252 valence electrons. The van der Waals surface area contributed by atoms with Crippen molar-refractivity contribution in [2.24, 2.45) is 0 Å². The monoisotopic (exact) mass is 648 g/mol. The van der Waals surface area contributed by atoms with Crippen LogP contribution in [0.3, 0.4) is 0 Å². The fourth-order valence-electron chi connectivity index (χ4n) is 4.82. The van der Waals surface area contributed by atoms with Crippen LogP contribution in [0.25, 0.3) is 0 Å². The van der Waals surface area contributed by atoms with Crippen molar-refractivity contribution in [2.45, 2.75) is 187 Å². The van der Waals surface area contributed by atoms with E-state index < -0.39 is 11.9 Å². The normalized spacial score (nSPS) is 13.0. The third-order valence-corrected chi connectivity index (χ3v) is 8.12. The van der Waals surface area contributed by atoms with Crippen LogP contribution in [0.15, 0.2) is 24.3 Å². The fourth-order valence-corrected chi connectivity index (χ4v) is 5.06. The van der Waals surface area contributed by atoms with Crippen LogP contribution in [0.4, 0.5) is 0 Å². The Kier molecular flexibility index (Phi) is 31.2. The van der Waals surface area contributed by atoms with Crippen LogP contribution in [0.5, 0.6) is 0 Å². The first kappa shape index (κ1) is 41.7. The van der Waals surface area contributed by atoms with Gasteiger partial charge in [0.2, 0.25) is 0 Å². The molecule has 0 fully saturated rings. The third kappa shape index (κ3) is 30.5. The standard InChI is InChI=1S/C36H64O6.Fe/c1-3-5-7-21-27-33(37)29-23-17-13-9-11-15-19-25-31-35(39)41-42-36(40)32-26-20-16-12-10-14-18-24-30-34(38)28-22-8-6-4-2;/h17-18,23-24,33-34,37-38H,3-16,19-22,25-31H2,1-2H3;/b23-17-,24-18-;. The van der Waals surface area contributed by atoms with Crippen molar-refractivity contribution in [1.82, 2.24) is 0 Å². The van der Waals surface area contributed by atoms with Crippen LogP contribution in [0.1, 0.15) is 174 Å². The summed E-state index contributed by atoms with van der Waals surface area (Å²) in [6.45, 7) is 4.39. The van der Waals surface area contributed by atoms with Gasteiger partial charge in [-0.3, -0.25) is 0 Å². The topological polar surface area (TPSA) is 93.1 Å². The summed E-state index contributed by atoms with van der Waals surface area (Å²) < 4.78 is 0.330. The van der Waals surface area contributed by atoms with Gasteiger partial charge in [-0.1, -0.05) is 77.4 Å². The van der Waals surface area contributed by atoms with Gasteiger partial charge in [0.1, 0.15) is 0 Å². The van der Waals surface area contributed by atoms with Crippen LogP contribution in [0.2, 0.25) is 0 Å². The molecule has 43 heavy (non-hydrogen) atoms. The molecule has 2 atom stereocenters. The van der Waals surface area contributed by atoms with E-state index in [1.165, 1.54) is 38.5 Å². The van der Waals surface area contributed by atoms with Gasteiger partial charge in [-0.25, -0.2) is 0 Å². The first-order valence-electron chi connectivity index (χ1n) is 17.5. The van der Waals surface area contributed by atoms with Crippen LogP contribution in [-0.2, 0) is 34.9 Å². The summed E-state index contributed by atoms with van der Waals surface area (Å²) in [5, 5.41) is 20.0. The molecule has 0 bridgehead atoms. The average molecular weight is 649 g/mol. The molecule has 0 aromatic carbocycles. The van der Waals surface area contributed by atoms with E-state index in [1.807, 2.05) is 0 Å². The molecule has 0 aromatic rings. The molecule has 0 radical (unpaired) electrons. The number of rotatable bonds is 30. The molecule has 2 unspecified atom stereocenters. The molecular weight excluding hydrogens is 584 g/mol. The Balaban J connectivity index is 3.60. The molecule has 0 aromatic heterocycles. The summed E-state index contributed by atoms with van der Waals surface area (Å²) in [6.07, 6.45) is 32.6. The smallest absolute Gasteiger partial charge is 0.0654 e. The Bertz CT molecular complexity index is 735. The first-order valence-corrected chi connectivity index (χ1v) is 18.0. The maximum atomic E-state index is 12.0. The minimum absolute atomic E-state index is 0.212. The molecule has 0 saturated carbocycles. The second kappa shape index (κ2) is 32.1. The van der Waals surface area contributed by atoms with Crippen molar-refractivity contribution < 1.29 is 45.2 Å². The van der Waals surface area contributed by atoms with Gasteiger partial charge >= 0.3 is 171 Å². The van der Waals surface area contributed by atoms with Crippen molar-refractivity contribution in [3.8, 4) is 0 Å². The van der Waals surface area contributed by atoms with Gasteiger partial charge in [-0.2, -0.15) is 0 Å². The van der Waals surface area contributed by atoms with Gasteiger partial charge in [-0.15, -0.1) is 0 Å². The zero-order chi connectivity index (χ0) is 31.8. The zero-order valence-electron chi connectivity index (χ0n) is 27.5. The molecule has 2 N–H and O–H groups in total. The molecule has 0 aliphatic heterocycles. The Morgan fingerprint density at radius 3 is 1.53 bits per heavy atom. The molecular formula is C36H64FeO6. The minimum atomic E-state index is -0.665. The van der Waals surface area contributed by atoms with Gasteiger partial charge in [0.05, 0.1) is 6.10 Å². The van der Waals surface area contributed by atoms with Crippen molar-refractivity contribution in [2.75, 3.05) is 0 Å². The second-order valence-corrected chi connectivity index (χ2v) is 12.6. The van der Waals surface area contributed by atoms with Crippen LogP contribution < -0.4 is 0 Å². The number of allylic oxidation sites excluding steroid dienone is 2. The Labute approximate surface area is 271 Å². The predicted molar refractivity (Wildman–Crippen MR) is 174 cm³/mol. The molecule has 0 heterocycles. The van der Waals surface area contributed by atoms with E-state index >= 15 is 0 Å². The molecule has 0 rings (SSSR count). The summed E-state index contributed by atoms with van der Waals surface area (Å²) in [7, 11) is 0. The quantitative estimate of drug-likeness (QED) is 0.0265. The Morgan fingerprint density at radius 2 is 1.02 bits per heavy atom. The molecule has 0 saturated heterocycles. The number of carbonyl (C=O) groups is 2. The van der Waals surface area contributed by atoms with Gasteiger partial charge in [0.15, 0.2) is 0 Å². The number of hydrogen-bond acceptors (Lipinski definition) is 6. The number of unbranched alkanes of at least 4 members (excludes halogenated alkanes) is 15. The molecule has 0 aliphatic rings. The van der Waals surface area contributed by atoms with E-state index in [9.17, 15) is 19.8 Å². The summed E-state index contributed by atoms with van der Waals surface area (Å²) in [6, 6.07) is 0. The number of aliphatic hydroxyl groups is 2. The Hall–Kier alpha value is -1.27. The number of hydrogen-bond donors (Lipinski definition) is 2. The zero-order valence-corrected chi connectivity index (χ0v) is 28.6. The van der Waals surface area contributed by atoms with E-state index in [0.717, 1.165) is 103 Å². The van der Waals surface area contributed by atoms with E-state index in [0.29, 0.717) is 17.3 Å². The van der Waals surface area contributed by atoms with Crippen LogP contribution >= 0.6 is 0 Å². The number of aliphatic hydroxyl groups excluding tert-OH is 2. The van der Waals surface area contributed by atoms with E-state index in [1.54, 1.807) is 0 Å². The van der Waals surface area contributed by atoms with Crippen molar-refractivity contribution in [3.05, 3.63) is 24.3 Å². The van der Waals surface area contributed by atoms with Gasteiger partial charge in [0, 0.05) is 0 Å². The molecule has 7 heteroatoms. The summed E-state index contributed by atoms with van der Waals surface area (Å²) in [5.41, 5.74) is 0. The molecule has 0 aliphatic carbocycles. The van der Waals surface area contributed by atoms with Crippen molar-refractivity contribution >= 4 is 16.4 Å². The predicted octanol–water partition coefficient (Wildman–Crippen LogP) is 9.33. The van der Waals surface area contributed by atoms with Crippen LogP contribution in [-0.4, -0.2) is 38.8 Å². The first-order chi connectivity index (χ1) is 20.9. The SMILES string of the molecule is CCCCCCC(O)C/C=C\CCCCCCCC(=O)OOC(=O)[C](=[Fe])CCCCCC/C=C\CC(O)CCCCCC. The molecule has 6 nitrogen and oxygen atoms in total. The van der Waals surface area contributed by atoms with E-state index in [2.05, 4.69) is 63.5 Å².